The number of benzene rings is 1. The number of hydrogen-bond acceptors (Lipinski definition) is 5. The summed E-state index contributed by atoms with van der Waals surface area (Å²) in [6.45, 7) is 5.77. The molecule has 0 spiro atoms. The van der Waals surface area contributed by atoms with Gasteiger partial charge in [-0.3, -0.25) is 10.1 Å². The van der Waals surface area contributed by atoms with Crippen molar-refractivity contribution in [2.75, 3.05) is 25.5 Å². The number of likely N-dealkylation sites (tertiary alicyclic amines) is 1. The van der Waals surface area contributed by atoms with E-state index in [-0.39, 0.29) is 11.8 Å². The van der Waals surface area contributed by atoms with Crippen LogP contribution < -0.4 is 10.1 Å². The summed E-state index contributed by atoms with van der Waals surface area (Å²) in [5.41, 5.74) is 0.874. The van der Waals surface area contributed by atoms with Crippen LogP contribution in [0.4, 0.5) is 11.4 Å². The topological polar surface area (TPSA) is 67.6 Å². The van der Waals surface area contributed by atoms with Crippen LogP contribution in [0.2, 0.25) is 0 Å². The molecule has 6 nitrogen and oxygen atoms in total. The molecule has 0 amide bonds. The zero-order valence-electron chi connectivity index (χ0n) is 12.1. The Balaban J connectivity index is 2.16. The highest BCUT2D eigenvalue weighted by atomic mass is 16.6. The molecule has 1 aliphatic rings. The zero-order chi connectivity index (χ0) is 14.7. The van der Waals surface area contributed by atoms with Crippen LogP contribution in [-0.4, -0.2) is 42.1 Å². The predicted molar refractivity (Wildman–Crippen MR) is 78.4 cm³/mol. The quantitative estimate of drug-likeness (QED) is 0.662. The molecule has 0 radical (unpaired) electrons. The maximum absolute atomic E-state index is 11.0. The van der Waals surface area contributed by atoms with E-state index in [2.05, 4.69) is 17.3 Å². The molecule has 1 N–H and O–H groups in total. The number of nitro groups is 1. The summed E-state index contributed by atoms with van der Waals surface area (Å²) < 4.78 is 5.54. The van der Waals surface area contributed by atoms with Crippen molar-refractivity contribution >= 4 is 11.4 Å². The van der Waals surface area contributed by atoms with Crippen molar-refractivity contribution in [1.29, 1.82) is 0 Å². The molecule has 1 atom stereocenters. The van der Waals surface area contributed by atoms with Gasteiger partial charge in [-0.2, -0.15) is 0 Å². The largest absolute Gasteiger partial charge is 0.484 e. The molecule has 1 aromatic rings. The lowest BCUT2D eigenvalue weighted by Crippen LogP contribution is -2.23. The van der Waals surface area contributed by atoms with Crippen LogP contribution in [0.15, 0.2) is 18.2 Å². The average molecular weight is 279 g/mol. The van der Waals surface area contributed by atoms with Crippen molar-refractivity contribution in [3.63, 3.8) is 0 Å². The molecule has 6 heteroatoms. The van der Waals surface area contributed by atoms with Crippen molar-refractivity contribution < 1.29 is 9.66 Å². The molecule has 20 heavy (non-hydrogen) atoms. The first-order valence-corrected chi connectivity index (χ1v) is 6.86. The van der Waals surface area contributed by atoms with Crippen LogP contribution in [0.5, 0.6) is 5.75 Å². The van der Waals surface area contributed by atoms with Crippen LogP contribution in [-0.2, 0) is 0 Å². The first-order valence-electron chi connectivity index (χ1n) is 6.86. The Labute approximate surface area is 118 Å². The van der Waals surface area contributed by atoms with Gasteiger partial charge >= 0.3 is 5.69 Å². The second kappa shape index (κ2) is 6.09. The first-order chi connectivity index (χ1) is 9.45. The number of hydrogen-bond donors (Lipinski definition) is 1. The van der Waals surface area contributed by atoms with E-state index in [4.69, 9.17) is 4.74 Å². The Bertz CT molecular complexity index is 491. The number of ether oxygens (including phenoxy) is 1. The minimum Gasteiger partial charge on any atom is -0.484 e. The van der Waals surface area contributed by atoms with Crippen LogP contribution in [0.1, 0.15) is 20.3 Å². The summed E-state index contributed by atoms with van der Waals surface area (Å²) in [6, 6.07) is 5.34. The molecule has 0 aromatic heterocycles. The Morgan fingerprint density at radius 3 is 2.80 bits per heavy atom. The molecule has 2 rings (SSSR count). The third-order valence-corrected chi connectivity index (χ3v) is 3.28. The number of rotatable bonds is 5. The number of nitrogens with one attached hydrogen (secondary N) is 1. The zero-order valence-corrected chi connectivity index (χ0v) is 12.1. The van der Waals surface area contributed by atoms with Crippen LogP contribution in [0.3, 0.4) is 0 Å². The monoisotopic (exact) mass is 279 g/mol. The van der Waals surface area contributed by atoms with Gasteiger partial charge in [0.25, 0.3) is 0 Å². The van der Waals surface area contributed by atoms with Gasteiger partial charge in [-0.1, -0.05) is 0 Å². The number of likely N-dealkylation sites (N-methyl/N-ethyl adjacent to an activating group) is 1. The van der Waals surface area contributed by atoms with E-state index in [1.807, 2.05) is 13.8 Å². The molecule has 110 valence electrons. The minimum atomic E-state index is -0.412. The second-order valence-corrected chi connectivity index (χ2v) is 5.50. The van der Waals surface area contributed by atoms with E-state index < -0.39 is 4.92 Å². The van der Waals surface area contributed by atoms with Gasteiger partial charge in [-0.25, -0.2) is 0 Å². The third kappa shape index (κ3) is 3.60. The molecule has 1 aliphatic heterocycles. The fourth-order valence-electron chi connectivity index (χ4n) is 2.39. The second-order valence-electron chi connectivity index (χ2n) is 5.50. The first kappa shape index (κ1) is 14.6. The SMILES string of the molecule is CC(C)Oc1cc(NC2CCN(C)C2)ccc1[N+](=O)[O-]. The Kier molecular flexibility index (Phi) is 4.44. The van der Waals surface area contributed by atoms with Crippen LogP contribution in [0.25, 0.3) is 0 Å². The fraction of sp³-hybridized carbons (Fsp3) is 0.571. The highest BCUT2D eigenvalue weighted by molar-refractivity contribution is 5.58. The van der Waals surface area contributed by atoms with E-state index in [1.54, 1.807) is 12.1 Å². The summed E-state index contributed by atoms with van der Waals surface area (Å²) in [6.07, 6.45) is 0.981. The molecule has 1 unspecified atom stereocenters. The summed E-state index contributed by atoms with van der Waals surface area (Å²) in [7, 11) is 2.09. The standard InChI is InChI=1S/C14H21N3O3/c1-10(2)20-14-8-11(4-5-13(14)17(18)19)15-12-6-7-16(3)9-12/h4-5,8,10,12,15H,6-7,9H2,1-3H3. The van der Waals surface area contributed by atoms with Gasteiger partial charge in [0, 0.05) is 30.4 Å². The smallest absolute Gasteiger partial charge is 0.311 e. The van der Waals surface area contributed by atoms with Gasteiger partial charge in [-0.15, -0.1) is 0 Å². The fourth-order valence-corrected chi connectivity index (χ4v) is 2.39. The number of nitrogens with zero attached hydrogens (tertiary/aromatic N) is 2. The third-order valence-electron chi connectivity index (χ3n) is 3.28. The minimum absolute atomic E-state index is 0.00721. The number of anilines is 1. The van der Waals surface area contributed by atoms with E-state index in [0.717, 1.165) is 25.2 Å². The van der Waals surface area contributed by atoms with Gasteiger partial charge in [0.15, 0.2) is 5.75 Å². The molecule has 0 bridgehead atoms. The lowest BCUT2D eigenvalue weighted by molar-refractivity contribution is -0.386. The van der Waals surface area contributed by atoms with Crippen molar-refractivity contribution in [3.05, 3.63) is 28.3 Å². The van der Waals surface area contributed by atoms with E-state index in [1.165, 1.54) is 6.07 Å². The van der Waals surface area contributed by atoms with Crippen LogP contribution in [0, 0.1) is 10.1 Å². The highest BCUT2D eigenvalue weighted by Gasteiger charge is 2.21. The molecule has 0 saturated carbocycles. The van der Waals surface area contributed by atoms with Crippen LogP contribution >= 0.6 is 0 Å². The van der Waals surface area contributed by atoms with Crippen molar-refractivity contribution in [2.45, 2.75) is 32.4 Å². The van der Waals surface area contributed by atoms with Gasteiger partial charge in [0.2, 0.25) is 0 Å². The predicted octanol–water partition coefficient (Wildman–Crippen LogP) is 2.50. The maximum Gasteiger partial charge on any atom is 0.311 e. The summed E-state index contributed by atoms with van der Waals surface area (Å²) in [5.74, 6) is 0.321. The lowest BCUT2D eigenvalue weighted by Gasteiger charge is -2.16. The summed E-state index contributed by atoms with van der Waals surface area (Å²) >= 11 is 0. The molecular formula is C14H21N3O3. The summed E-state index contributed by atoms with van der Waals surface area (Å²) in [5, 5.41) is 14.4. The molecule has 1 fully saturated rings. The normalized spacial score (nSPS) is 19.3. The van der Waals surface area contributed by atoms with Crippen molar-refractivity contribution in [2.24, 2.45) is 0 Å². The Morgan fingerprint density at radius 1 is 1.50 bits per heavy atom. The molecule has 1 aromatic carbocycles. The summed E-state index contributed by atoms with van der Waals surface area (Å²) in [4.78, 5) is 12.8. The average Bonchev–Trinajstić information content (AvgIpc) is 2.73. The van der Waals surface area contributed by atoms with Crippen molar-refractivity contribution in [1.82, 2.24) is 4.90 Å². The maximum atomic E-state index is 11.0. The highest BCUT2D eigenvalue weighted by Crippen LogP contribution is 2.31. The molecular weight excluding hydrogens is 258 g/mol. The van der Waals surface area contributed by atoms with E-state index >= 15 is 0 Å². The van der Waals surface area contributed by atoms with E-state index in [0.29, 0.717) is 11.8 Å². The molecule has 0 aliphatic carbocycles. The number of nitro benzene ring substituents is 1. The molecule has 1 saturated heterocycles. The van der Waals surface area contributed by atoms with Crippen molar-refractivity contribution in [3.8, 4) is 5.75 Å². The molecule has 1 heterocycles. The Morgan fingerprint density at radius 2 is 2.25 bits per heavy atom. The van der Waals surface area contributed by atoms with Gasteiger partial charge in [0.05, 0.1) is 11.0 Å². The van der Waals surface area contributed by atoms with Gasteiger partial charge < -0.3 is 15.0 Å². The van der Waals surface area contributed by atoms with E-state index in [9.17, 15) is 10.1 Å². The Hall–Kier alpha value is -1.82. The van der Waals surface area contributed by atoms with Gasteiger partial charge in [-0.05, 0) is 39.9 Å². The lowest BCUT2D eigenvalue weighted by atomic mass is 10.2. The van der Waals surface area contributed by atoms with Gasteiger partial charge in [0.1, 0.15) is 0 Å².